The second-order valence-electron chi connectivity index (χ2n) is 7.02. The molecule has 4 rings (SSSR count). The summed E-state index contributed by atoms with van der Waals surface area (Å²) in [6, 6.07) is 18.5. The number of carbonyl (C=O) groups is 1. The molecule has 1 N–H and O–H groups in total. The van der Waals surface area contributed by atoms with Gasteiger partial charge in [0.1, 0.15) is 0 Å². The highest BCUT2D eigenvalue weighted by Gasteiger charge is 2.10. The van der Waals surface area contributed by atoms with Gasteiger partial charge in [-0.25, -0.2) is 0 Å². The predicted molar refractivity (Wildman–Crippen MR) is 120 cm³/mol. The second-order valence-corrected chi connectivity index (χ2v) is 7.42. The quantitative estimate of drug-likeness (QED) is 0.496. The molecule has 0 aliphatic carbocycles. The van der Waals surface area contributed by atoms with Crippen molar-refractivity contribution < 1.29 is 4.79 Å². The average Bonchev–Trinajstić information content (AvgIpc) is 2.76. The van der Waals surface area contributed by atoms with Crippen LogP contribution in [-0.2, 0) is 17.8 Å². The molecule has 0 spiro atoms. The summed E-state index contributed by atoms with van der Waals surface area (Å²) in [6.07, 6.45) is 6.04. The zero-order valence-corrected chi connectivity index (χ0v) is 17.0. The van der Waals surface area contributed by atoms with E-state index >= 15 is 0 Å². The SMILES string of the molecule is O=C(CCc1ccccc1Cl)Nc1cccc2c(=O)n(Cc3cccnc3)ccc12. The lowest BCUT2D eigenvalue weighted by Crippen LogP contribution is -2.21. The molecule has 0 unspecified atom stereocenters. The van der Waals surface area contributed by atoms with E-state index < -0.39 is 0 Å². The summed E-state index contributed by atoms with van der Waals surface area (Å²) in [5, 5.41) is 4.87. The predicted octanol–water partition coefficient (Wildman–Crippen LogP) is 4.67. The van der Waals surface area contributed by atoms with E-state index in [1.807, 2.05) is 42.5 Å². The minimum atomic E-state index is -0.123. The number of amides is 1. The van der Waals surface area contributed by atoms with Crippen molar-refractivity contribution in [2.24, 2.45) is 0 Å². The molecule has 0 aliphatic heterocycles. The summed E-state index contributed by atoms with van der Waals surface area (Å²) in [6.45, 7) is 0.442. The number of hydrogen-bond donors (Lipinski definition) is 1. The van der Waals surface area contributed by atoms with E-state index in [2.05, 4.69) is 10.3 Å². The van der Waals surface area contributed by atoms with E-state index in [1.54, 1.807) is 41.4 Å². The van der Waals surface area contributed by atoms with Crippen LogP contribution in [0.1, 0.15) is 17.5 Å². The van der Waals surface area contributed by atoms with Gasteiger partial charge < -0.3 is 9.88 Å². The Morgan fingerprint density at radius 1 is 1.00 bits per heavy atom. The maximum Gasteiger partial charge on any atom is 0.258 e. The number of anilines is 1. The molecule has 0 saturated heterocycles. The molecule has 150 valence electrons. The van der Waals surface area contributed by atoms with Crippen LogP contribution in [0.3, 0.4) is 0 Å². The fourth-order valence-corrected chi connectivity index (χ4v) is 3.63. The maximum atomic E-state index is 12.9. The maximum absolute atomic E-state index is 12.9. The lowest BCUT2D eigenvalue weighted by atomic mass is 10.1. The Kier molecular flexibility index (Phi) is 5.91. The summed E-state index contributed by atoms with van der Waals surface area (Å²) < 4.78 is 1.64. The monoisotopic (exact) mass is 417 g/mol. The van der Waals surface area contributed by atoms with Crippen LogP contribution in [0.15, 0.2) is 84.0 Å². The standard InChI is InChI=1S/C24H20ClN3O2/c25-21-8-2-1-6-18(21)10-11-23(29)27-22-9-3-7-20-19(22)12-14-28(24(20)30)16-17-5-4-13-26-15-17/h1-9,12-15H,10-11,16H2,(H,27,29). The Morgan fingerprint density at radius 3 is 2.67 bits per heavy atom. The number of nitrogens with zero attached hydrogens (tertiary/aromatic N) is 2. The molecule has 4 aromatic rings. The van der Waals surface area contributed by atoms with Crippen LogP contribution < -0.4 is 10.9 Å². The molecule has 5 nitrogen and oxygen atoms in total. The Hall–Kier alpha value is -3.44. The topological polar surface area (TPSA) is 64.0 Å². The van der Waals surface area contributed by atoms with E-state index in [-0.39, 0.29) is 11.5 Å². The van der Waals surface area contributed by atoms with Gasteiger partial charge in [0.2, 0.25) is 5.91 Å². The third-order valence-electron chi connectivity index (χ3n) is 4.95. The van der Waals surface area contributed by atoms with Gasteiger partial charge in [-0.15, -0.1) is 0 Å². The number of fused-ring (bicyclic) bond motifs is 1. The second kappa shape index (κ2) is 8.93. The van der Waals surface area contributed by atoms with Gasteiger partial charge >= 0.3 is 0 Å². The van der Waals surface area contributed by atoms with Crippen LogP contribution in [0.4, 0.5) is 5.69 Å². The molecule has 0 atom stereocenters. The zero-order chi connectivity index (χ0) is 20.9. The van der Waals surface area contributed by atoms with Gasteiger partial charge in [-0.05, 0) is 47.9 Å². The minimum absolute atomic E-state index is 0.108. The fraction of sp³-hybridized carbons (Fsp3) is 0.125. The van der Waals surface area contributed by atoms with Crippen molar-refractivity contribution in [1.82, 2.24) is 9.55 Å². The fourth-order valence-electron chi connectivity index (χ4n) is 3.40. The summed E-state index contributed by atoms with van der Waals surface area (Å²) in [5.41, 5.74) is 2.40. The molecule has 0 saturated carbocycles. The molecule has 30 heavy (non-hydrogen) atoms. The van der Waals surface area contributed by atoms with Crippen molar-refractivity contribution in [3.8, 4) is 0 Å². The summed E-state index contributed by atoms with van der Waals surface area (Å²) in [5.74, 6) is -0.123. The van der Waals surface area contributed by atoms with Gasteiger partial charge in [0.25, 0.3) is 5.56 Å². The molecular formula is C24H20ClN3O2. The number of benzene rings is 2. The van der Waals surface area contributed by atoms with Gasteiger partial charge in [-0.1, -0.05) is 41.9 Å². The van der Waals surface area contributed by atoms with Crippen molar-refractivity contribution in [3.63, 3.8) is 0 Å². The molecule has 0 fully saturated rings. The van der Waals surface area contributed by atoms with Crippen LogP contribution in [0.2, 0.25) is 5.02 Å². The smallest absolute Gasteiger partial charge is 0.258 e. The Morgan fingerprint density at radius 2 is 1.87 bits per heavy atom. The Balaban J connectivity index is 1.53. The first-order valence-electron chi connectivity index (χ1n) is 9.66. The normalized spacial score (nSPS) is 10.8. The van der Waals surface area contributed by atoms with Crippen molar-refractivity contribution in [2.45, 2.75) is 19.4 Å². The highest BCUT2D eigenvalue weighted by Crippen LogP contribution is 2.22. The van der Waals surface area contributed by atoms with Crippen molar-refractivity contribution in [3.05, 3.63) is 106 Å². The van der Waals surface area contributed by atoms with E-state index in [0.29, 0.717) is 35.5 Å². The van der Waals surface area contributed by atoms with Crippen LogP contribution >= 0.6 is 11.6 Å². The lowest BCUT2D eigenvalue weighted by molar-refractivity contribution is -0.116. The lowest BCUT2D eigenvalue weighted by Gasteiger charge is -2.11. The number of aryl methyl sites for hydroxylation is 1. The van der Waals surface area contributed by atoms with Crippen molar-refractivity contribution in [1.29, 1.82) is 0 Å². The molecule has 2 aromatic heterocycles. The number of halogens is 1. The Labute approximate surface area is 179 Å². The molecule has 2 heterocycles. The first kappa shape index (κ1) is 19.9. The zero-order valence-electron chi connectivity index (χ0n) is 16.2. The van der Waals surface area contributed by atoms with Gasteiger partial charge in [0.15, 0.2) is 0 Å². The summed E-state index contributed by atoms with van der Waals surface area (Å²) >= 11 is 6.16. The van der Waals surface area contributed by atoms with Crippen LogP contribution in [0.25, 0.3) is 10.8 Å². The first-order chi connectivity index (χ1) is 14.6. The van der Waals surface area contributed by atoms with E-state index in [9.17, 15) is 9.59 Å². The number of aromatic nitrogens is 2. The molecule has 0 radical (unpaired) electrons. The van der Waals surface area contributed by atoms with Crippen molar-refractivity contribution >= 4 is 34.0 Å². The van der Waals surface area contributed by atoms with Crippen LogP contribution in [-0.4, -0.2) is 15.5 Å². The summed E-state index contributed by atoms with van der Waals surface area (Å²) in [4.78, 5) is 29.5. The van der Waals surface area contributed by atoms with Gasteiger partial charge in [-0.2, -0.15) is 0 Å². The molecular weight excluding hydrogens is 398 g/mol. The average molecular weight is 418 g/mol. The minimum Gasteiger partial charge on any atom is -0.326 e. The number of rotatable bonds is 6. The third kappa shape index (κ3) is 4.42. The molecule has 1 amide bonds. The van der Waals surface area contributed by atoms with Crippen LogP contribution in [0, 0.1) is 0 Å². The van der Waals surface area contributed by atoms with E-state index in [0.717, 1.165) is 16.5 Å². The third-order valence-corrected chi connectivity index (χ3v) is 5.32. The number of carbonyl (C=O) groups excluding carboxylic acids is 1. The molecule has 0 bridgehead atoms. The number of nitrogens with one attached hydrogen (secondary N) is 1. The van der Waals surface area contributed by atoms with Crippen molar-refractivity contribution in [2.75, 3.05) is 5.32 Å². The number of hydrogen-bond acceptors (Lipinski definition) is 3. The van der Waals surface area contributed by atoms with E-state index in [1.165, 1.54) is 0 Å². The molecule has 2 aromatic carbocycles. The van der Waals surface area contributed by atoms with Crippen LogP contribution in [0.5, 0.6) is 0 Å². The highest BCUT2D eigenvalue weighted by molar-refractivity contribution is 6.31. The number of pyridine rings is 2. The first-order valence-corrected chi connectivity index (χ1v) is 10.0. The van der Waals surface area contributed by atoms with E-state index in [4.69, 9.17) is 11.6 Å². The van der Waals surface area contributed by atoms with Gasteiger partial charge in [-0.3, -0.25) is 14.6 Å². The highest BCUT2D eigenvalue weighted by atomic mass is 35.5. The largest absolute Gasteiger partial charge is 0.326 e. The van der Waals surface area contributed by atoms with Gasteiger partial charge in [0, 0.05) is 46.5 Å². The summed E-state index contributed by atoms with van der Waals surface area (Å²) in [7, 11) is 0. The molecule has 6 heteroatoms. The van der Waals surface area contributed by atoms with Gasteiger partial charge in [0.05, 0.1) is 6.54 Å². The Bertz CT molecular complexity index is 1250. The molecule has 0 aliphatic rings.